The summed E-state index contributed by atoms with van der Waals surface area (Å²) in [4.78, 5) is 3.88. The second kappa shape index (κ2) is 4.42. The Morgan fingerprint density at radius 1 is 1.73 bits per heavy atom. The molecule has 0 fully saturated rings. The molecule has 0 bridgehead atoms. The Kier molecular flexibility index (Phi) is 3.44. The lowest BCUT2D eigenvalue weighted by Crippen LogP contribution is -2.28. The molecule has 0 saturated carbocycles. The normalized spacial score (nSPS) is 13.4. The zero-order valence-electron chi connectivity index (χ0n) is 8.39. The van der Waals surface area contributed by atoms with Gasteiger partial charge in [-0.25, -0.2) is 18.1 Å². The van der Waals surface area contributed by atoms with Crippen LogP contribution in [-0.4, -0.2) is 19.2 Å². The van der Waals surface area contributed by atoms with Gasteiger partial charge in [-0.15, -0.1) is 0 Å². The van der Waals surface area contributed by atoms with Crippen molar-refractivity contribution in [3.8, 4) is 6.07 Å². The molecule has 6 nitrogen and oxygen atoms in total. The number of oxazole rings is 1. The van der Waals surface area contributed by atoms with Crippen LogP contribution in [0.15, 0.2) is 10.6 Å². The van der Waals surface area contributed by atoms with Crippen molar-refractivity contribution in [2.45, 2.75) is 19.9 Å². The van der Waals surface area contributed by atoms with Gasteiger partial charge in [0.2, 0.25) is 15.9 Å². The van der Waals surface area contributed by atoms with Crippen LogP contribution < -0.4 is 4.72 Å². The fourth-order valence-corrected chi connectivity index (χ4v) is 1.91. The summed E-state index contributed by atoms with van der Waals surface area (Å²) >= 11 is 0. The Labute approximate surface area is 88.0 Å². The van der Waals surface area contributed by atoms with E-state index in [0.29, 0.717) is 5.76 Å². The Hall–Kier alpha value is -1.39. The van der Waals surface area contributed by atoms with Gasteiger partial charge in [0.05, 0.1) is 18.3 Å². The van der Waals surface area contributed by atoms with Crippen molar-refractivity contribution in [1.82, 2.24) is 9.71 Å². The second-order valence-electron chi connectivity index (χ2n) is 3.07. The van der Waals surface area contributed by atoms with Gasteiger partial charge in [-0.3, -0.25) is 0 Å². The minimum absolute atomic E-state index is 0.286. The van der Waals surface area contributed by atoms with E-state index in [1.807, 2.05) is 0 Å². The molecule has 1 rings (SSSR count). The molecule has 0 aromatic carbocycles. The summed E-state index contributed by atoms with van der Waals surface area (Å²) in [7, 11) is -3.58. The average Bonchev–Trinajstić information content (AvgIpc) is 2.50. The third kappa shape index (κ3) is 3.34. The molecule has 0 radical (unpaired) electrons. The van der Waals surface area contributed by atoms with Crippen molar-refractivity contribution in [3.05, 3.63) is 17.8 Å². The highest BCUT2D eigenvalue weighted by molar-refractivity contribution is 7.89. The molecule has 1 heterocycles. The summed E-state index contributed by atoms with van der Waals surface area (Å²) < 4.78 is 29.9. The minimum atomic E-state index is -3.58. The number of rotatable bonds is 4. The topological polar surface area (TPSA) is 96.0 Å². The first-order chi connectivity index (χ1) is 6.94. The van der Waals surface area contributed by atoms with E-state index in [2.05, 4.69) is 9.71 Å². The van der Waals surface area contributed by atoms with Gasteiger partial charge in [0.15, 0.2) is 5.75 Å². The maximum atomic E-state index is 11.2. The molecule has 0 amide bonds. The Balaban J connectivity index is 2.72. The second-order valence-corrected chi connectivity index (χ2v) is 4.82. The van der Waals surface area contributed by atoms with Crippen molar-refractivity contribution in [1.29, 1.82) is 5.26 Å². The summed E-state index contributed by atoms with van der Waals surface area (Å²) in [5, 5.41) is 8.28. The van der Waals surface area contributed by atoms with Crippen molar-refractivity contribution in [2.75, 3.05) is 5.75 Å². The number of aromatic nitrogens is 1. The zero-order valence-corrected chi connectivity index (χ0v) is 9.21. The zero-order chi connectivity index (χ0) is 11.5. The van der Waals surface area contributed by atoms with Gasteiger partial charge in [0, 0.05) is 0 Å². The van der Waals surface area contributed by atoms with Crippen molar-refractivity contribution in [2.24, 2.45) is 0 Å². The molecule has 0 saturated heterocycles. The summed E-state index contributed by atoms with van der Waals surface area (Å²) in [6.07, 6.45) is 1.50. The number of nitrogens with one attached hydrogen (secondary N) is 1. The van der Waals surface area contributed by atoms with Gasteiger partial charge in [-0.2, -0.15) is 5.26 Å². The number of hydrogen-bond acceptors (Lipinski definition) is 5. The van der Waals surface area contributed by atoms with Crippen LogP contribution in [0.5, 0.6) is 0 Å². The van der Waals surface area contributed by atoms with Gasteiger partial charge in [0.25, 0.3) is 0 Å². The molecule has 82 valence electrons. The molecule has 0 aliphatic carbocycles. The van der Waals surface area contributed by atoms with Crippen LogP contribution in [0.25, 0.3) is 0 Å². The standard InChI is InChI=1S/C8H11N3O3S/c1-6-5-10-8(14-6)7(2)11-15(12,13)4-3-9/h5,7,11H,4H2,1-2H3. The largest absolute Gasteiger partial charge is 0.444 e. The Bertz CT molecular complexity index is 472. The van der Waals surface area contributed by atoms with Crippen LogP contribution in [-0.2, 0) is 10.0 Å². The van der Waals surface area contributed by atoms with Gasteiger partial charge < -0.3 is 4.42 Å². The molecule has 0 aliphatic heterocycles. The first-order valence-corrected chi connectivity index (χ1v) is 5.89. The minimum Gasteiger partial charge on any atom is -0.444 e. The van der Waals surface area contributed by atoms with E-state index in [1.54, 1.807) is 19.9 Å². The molecular formula is C8H11N3O3S. The molecule has 1 aromatic rings. The Morgan fingerprint density at radius 3 is 2.87 bits per heavy atom. The van der Waals surface area contributed by atoms with E-state index in [1.165, 1.54) is 6.20 Å². The average molecular weight is 229 g/mol. The number of aryl methyl sites for hydroxylation is 1. The van der Waals surface area contributed by atoms with E-state index >= 15 is 0 Å². The SMILES string of the molecule is Cc1cnc(C(C)NS(=O)(=O)CC#N)o1. The lowest BCUT2D eigenvalue weighted by atomic mass is 10.4. The smallest absolute Gasteiger partial charge is 0.225 e. The predicted molar refractivity (Wildman–Crippen MR) is 52.2 cm³/mol. The quantitative estimate of drug-likeness (QED) is 0.810. The monoisotopic (exact) mass is 229 g/mol. The molecule has 1 N–H and O–H groups in total. The molecule has 0 spiro atoms. The lowest BCUT2D eigenvalue weighted by Gasteiger charge is -2.08. The van der Waals surface area contributed by atoms with E-state index < -0.39 is 21.8 Å². The summed E-state index contributed by atoms with van der Waals surface area (Å²) in [5.74, 6) is 0.321. The third-order valence-electron chi connectivity index (χ3n) is 1.62. The van der Waals surface area contributed by atoms with Crippen molar-refractivity contribution >= 4 is 10.0 Å². The highest BCUT2D eigenvalue weighted by atomic mass is 32.2. The van der Waals surface area contributed by atoms with Gasteiger partial charge in [0.1, 0.15) is 5.76 Å². The Morgan fingerprint density at radius 2 is 2.40 bits per heavy atom. The lowest BCUT2D eigenvalue weighted by molar-refractivity contribution is 0.428. The molecule has 15 heavy (non-hydrogen) atoms. The number of nitriles is 1. The van der Waals surface area contributed by atoms with Crippen LogP contribution in [0.1, 0.15) is 24.6 Å². The van der Waals surface area contributed by atoms with Gasteiger partial charge in [-0.1, -0.05) is 0 Å². The van der Waals surface area contributed by atoms with Gasteiger partial charge >= 0.3 is 0 Å². The van der Waals surface area contributed by atoms with Crippen LogP contribution in [0.3, 0.4) is 0 Å². The maximum Gasteiger partial charge on any atom is 0.225 e. The molecule has 7 heteroatoms. The number of hydrogen-bond donors (Lipinski definition) is 1. The molecular weight excluding hydrogens is 218 g/mol. The van der Waals surface area contributed by atoms with Crippen LogP contribution in [0.4, 0.5) is 0 Å². The van der Waals surface area contributed by atoms with Crippen LogP contribution >= 0.6 is 0 Å². The summed E-state index contributed by atoms with van der Waals surface area (Å²) in [6, 6.07) is 0.996. The van der Waals surface area contributed by atoms with E-state index in [-0.39, 0.29) is 5.89 Å². The highest BCUT2D eigenvalue weighted by Crippen LogP contribution is 2.12. The van der Waals surface area contributed by atoms with E-state index in [0.717, 1.165) is 0 Å². The van der Waals surface area contributed by atoms with E-state index in [9.17, 15) is 8.42 Å². The molecule has 0 aliphatic rings. The molecule has 1 atom stereocenters. The number of sulfonamides is 1. The molecule has 1 aromatic heterocycles. The van der Waals surface area contributed by atoms with Crippen molar-refractivity contribution < 1.29 is 12.8 Å². The fraction of sp³-hybridized carbons (Fsp3) is 0.500. The first kappa shape index (κ1) is 11.7. The van der Waals surface area contributed by atoms with Gasteiger partial charge in [-0.05, 0) is 13.8 Å². The summed E-state index contributed by atoms with van der Waals surface area (Å²) in [6.45, 7) is 3.31. The summed E-state index contributed by atoms with van der Waals surface area (Å²) in [5.41, 5.74) is 0. The highest BCUT2D eigenvalue weighted by Gasteiger charge is 2.18. The van der Waals surface area contributed by atoms with Crippen molar-refractivity contribution in [3.63, 3.8) is 0 Å². The molecule has 1 unspecified atom stereocenters. The maximum absolute atomic E-state index is 11.2. The third-order valence-corrected chi connectivity index (χ3v) is 2.84. The van der Waals surface area contributed by atoms with Crippen LogP contribution in [0, 0.1) is 18.3 Å². The van der Waals surface area contributed by atoms with E-state index in [4.69, 9.17) is 9.68 Å². The predicted octanol–water partition coefficient (Wildman–Crippen LogP) is 0.487. The fourth-order valence-electron chi connectivity index (χ4n) is 1.02. The number of nitrogens with zero attached hydrogens (tertiary/aromatic N) is 2. The van der Waals surface area contributed by atoms with Crippen LogP contribution in [0.2, 0.25) is 0 Å². The first-order valence-electron chi connectivity index (χ1n) is 4.24.